The predicted octanol–water partition coefficient (Wildman–Crippen LogP) is 7.34. The van der Waals surface area contributed by atoms with Crippen LogP contribution < -0.4 is 9.47 Å². The van der Waals surface area contributed by atoms with Crippen LogP contribution in [0.5, 0.6) is 11.5 Å². The lowest BCUT2D eigenvalue weighted by Gasteiger charge is -2.19. The summed E-state index contributed by atoms with van der Waals surface area (Å²) >= 11 is 7.09. The van der Waals surface area contributed by atoms with Crippen molar-refractivity contribution < 1.29 is 9.47 Å². The van der Waals surface area contributed by atoms with Crippen molar-refractivity contribution in [2.75, 3.05) is 13.2 Å². The van der Waals surface area contributed by atoms with E-state index in [4.69, 9.17) is 9.47 Å². The number of thiophene rings is 2. The van der Waals surface area contributed by atoms with Crippen LogP contribution in [0.2, 0.25) is 0 Å². The zero-order valence-electron chi connectivity index (χ0n) is 14.3. The summed E-state index contributed by atoms with van der Waals surface area (Å²) in [6, 6.07) is 19.1. The lowest BCUT2D eigenvalue weighted by molar-refractivity contribution is 0.171. The van der Waals surface area contributed by atoms with Gasteiger partial charge >= 0.3 is 0 Å². The molecule has 0 unspecified atom stereocenters. The van der Waals surface area contributed by atoms with Crippen LogP contribution in [-0.4, -0.2) is 13.2 Å². The third kappa shape index (κ3) is 3.20. The number of halogens is 1. The van der Waals surface area contributed by atoms with Gasteiger partial charge in [-0.2, -0.15) is 0 Å². The standard InChI is InChI=1S/C22H15BrO2S2/c23-16-4-1-14(2-5-16)17-7-11-26-21(17)22-18(8-12-27-22)15-3-6-19-20(13-15)25-10-9-24-19/h1-8,11-13H,9-10H2. The van der Waals surface area contributed by atoms with Crippen LogP contribution in [0.4, 0.5) is 0 Å². The molecule has 2 aromatic heterocycles. The molecule has 1 aliphatic rings. The number of fused-ring (bicyclic) bond motifs is 1. The first kappa shape index (κ1) is 17.0. The van der Waals surface area contributed by atoms with Gasteiger partial charge in [0.15, 0.2) is 11.5 Å². The summed E-state index contributed by atoms with van der Waals surface area (Å²) < 4.78 is 12.5. The van der Waals surface area contributed by atoms with Crippen molar-refractivity contribution in [3.05, 3.63) is 69.8 Å². The molecule has 0 aliphatic carbocycles. The summed E-state index contributed by atoms with van der Waals surface area (Å²) in [5.41, 5.74) is 4.90. The third-order valence-corrected chi connectivity index (χ3v) is 7.07. The SMILES string of the molecule is Brc1ccc(-c2ccsc2-c2sccc2-c2ccc3c(c2)OCCO3)cc1. The second-order valence-corrected chi connectivity index (χ2v) is 8.94. The van der Waals surface area contributed by atoms with E-state index in [1.807, 2.05) is 6.07 Å². The van der Waals surface area contributed by atoms with Crippen molar-refractivity contribution in [3.63, 3.8) is 0 Å². The van der Waals surface area contributed by atoms with Gasteiger partial charge in [-0.25, -0.2) is 0 Å². The molecule has 0 fully saturated rings. The summed E-state index contributed by atoms with van der Waals surface area (Å²) in [4.78, 5) is 2.59. The summed E-state index contributed by atoms with van der Waals surface area (Å²) in [6.45, 7) is 1.22. The van der Waals surface area contributed by atoms with Gasteiger partial charge in [-0.1, -0.05) is 34.1 Å². The number of hydrogen-bond acceptors (Lipinski definition) is 4. The number of hydrogen-bond donors (Lipinski definition) is 0. The first-order valence-corrected chi connectivity index (χ1v) is 11.2. The van der Waals surface area contributed by atoms with Crippen LogP contribution in [0.1, 0.15) is 0 Å². The van der Waals surface area contributed by atoms with E-state index in [2.05, 4.69) is 75.2 Å². The largest absolute Gasteiger partial charge is 0.486 e. The molecule has 0 saturated carbocycles. The van der Waals surface area contributed by atoms with Gasteiger partial charge in [0.1, 0.15) is 13.2 Å². The highest BCUT2D eigenvalue weighted by atomic mass is 79.9. The van der Waals surface area contributed by atoms with Gasteiger partial charge in [-0.15, -0.1) is 22.7 Å². The maximum Gasteiger partial charge on any atom is 0.161 e. The summed E-state index contributed by atoms with van der Waals surface area (Å²) in [5.74, 6) is 1.66. The third-order valence-electron chi connectivity index (χ3n) is 4.55. The Balaban J connectivity index is 1.59. The number of ether oxygens (including phenoxy) is 2. The Morgan fingerprint density at radius 3 is 1.96 bits per heavy atom. The fraction of sp³-hybridized carbons (Fsp3) is 0.0909. The minimum Gasteiger partial charge on any atom is -0.486 e. The average molecular weight is 455 g/mol. The highest BCUT2D eigenvalue weighted by Crippen LogP contribution is 2.46. The Kier molecular flexibility index (Phi) is 4.52. The lowest BCUT2D eigenvalue weighted by atomic mass is 10.0. The van der Waals surface area contributed by atoms with Crippen molar-refractivity contribution >= 4 is 38.6 Å². The van der Waals surface area contributed by atoms with Crippen molar-refractivity contribution in [1.29, 1.82) is 0 Å². The molecule has 0 spiro atoms. The van der Waals surface area contributed by atoms with Crippen LogP contribution in [0.15, 0.2) is 69.8 Å². The fourth-order valence-electron chi connectivity index (χ4n) is 3.27. The molecule has 0 bridgehead atoms. The molecule has 27 heavy (non-hydrogen) atoms. The normalized spacial score (nSPS) is 12.9. The van der Waals surface area contributed by atoms with E-state index in [0.717, 1.165) is 21.5 Å². The molecule has 0 N–H and O–H groups in total. The summed E-state index contributed by atoms with van der Waals surface area (Å²) in [6.07, 6.45) is 0. The second kappa shape index (κ2) is 7.15. The van der Waals surface area contributed by atoms with Crippen LogP contribution in [0, 0.1) is 0 Å². The van der Waals surface area contributed by atoms with E-state index in [1.165, 1.54) is 26.4 Å². The van der Waals surface area contributed by atoms with Gasteiger partial charge in [-0.3, -0.25) is 0 Å². The van der Waals surface area contributed by atoms with Gasteiger partial charge in [0, 0.05) is 15.6 Å². The lowest BCUT2D eigenvalue weighted by Crippen LogP contribution is -2.15. The predicted molar refractivity (Wildman–Crippen MR) is 117 cm³/mol. The molecule has 5 rings (SSSR count). The molecule has 5 heteroatoms. The van der Waals surface area contributed by atoms with Gasteiger partial charge in [0.2, 0.25) is 0 Å². The minimum absolute atomic E-state index is 0.603. The maximum atomic E-state index is 5.77. The molecule has 0 atom stereocenters. The van der Waals surface area contributed by atoms with Crippen molar-refractivity contribution in [3.8, 4) is 43.5 Å². The zero-order valence-corrected chi connectivity index (χ0v) is 17.5. The zero-order chi connectivity index (χ0) is 18.2. The summed E-state index contributed by atoms with van der Waals surface area (Å²) in [7, 11) is 0. The van der Waals surface area contributed by atoms with Crippen LogP contribution >= 0.6 is 38.6 Å². The Bertz CT molecular complexity index is 1100. The molecular weight excluding hydrogens is 440 g/mol. The number of rotatable bonds is 3. The Morgan fingerprint density at radius 1 is 0.667 bits per heavy atom. The molecule has 2 aromatic carbocycles. The van der Waals surface area contributed by atoms with Crippen molar-refractivity contribution in [2.45, 2.75) is 0 Å². The molecule has 0 amide bonds. The minimum atomic E-state index is 0.603. The quantitative estimate of drug-likeness (QED) is 0.322. The Labute approximate surface area is 174 Å². The van der Waals surface area contributed by atoms with E-state index in [9.17, 15) is 0 Å². The van der Waals surface area contributed by atoms with Crippen molar-refractivity contribution in [2.24, 2.45) is 0 Å². The smallest absolute Gasteiger partial charge is 0.161 e. The monoisotopic (exact) mass is 454 g/mol. The number of benzene rings is 2. The molecule has 2 nitrogen and oxygen atoms in total. The fourth-order valence-corrected chi connectivity index (χ4v) is 5.56. The van der Waals surface area contributed by atoms with E-state index in [1.54, 1.807) is 22.7 Å². The highest BCUT2D eigenvalue weighted by Gasteiger charge is 2.18. The molecular formula is C22H15BrO2S2. The second-order valence-electron chi connectivity index (χ2n) is 6.19. The van der Waals surface area contributed by atoms with E-state index in [-0.39, 0.29) is 0 Å². The van der Waals surface area contributed by atoms with E-state index in [0.29, 0.717) is 13.2 Å². The molecule has 0 saturated heterocycles. The molecule has 0 radical (unpaired) electrons. The Hall–Kier alpha value is -2.08. The topological polar surface area (TPSA) is 18.5 Å². The first-order valence-electron chi connectivity index (χ1n) is 8.61. The van der Waals surface area contributed by atoms with Crippen molar-refractivity contribution in [1.82, 2.24) is 0 Å². The first-order chi connectivity index (χ1) is 13.3. The van der Waals surface area contributed by atoms with Gasteiger partial charge < -0.3 is 9.47 Å². The molecule has 1 aliphatic heterocycles. The molecule has 3 heterocycles. The van der Waals surface area contributed by atoms with E-state index < -0.39 is 0 Å². The van der Waals surface area contributed by atoms with Gasteiger partial charge in [-0.05, 0) is 58.3 Å². The van der Waals surface area contributed by atoms with Crippen LogP contribution in [-0.2, 0) is 0 Å². The van der Waals surface area contributed by atoms with Gasteiger partial charge in [0.05, 0.1) is 9.75 Å². The van der Waals surface area contributed by atoms with E-state index >= 15 is 0 Å². The van der Waals surface area contributed by atoms with Crippen LogP contribution in [0.25, 0.3) is 32.0 Å². The molecule has 134 valence electrons. The molecule has 4 aromatic rings. The Morgan fingerprint density at radius 2 is 1.26 bits per heavy atom. The van der Waals surface area contributed by atoms with Gasteiger partial charge in [0.25, 0.3) is 0 Å². The maximum absolute atomic E-state index is 5.77. The average Bonchev–Trinajstić information content (AvgIpc) is 3.37. The highest BCUT2D eigenvalue weighted by molar-refractivity contribution is 9.10. The van der Waals surface area contributed by atoms with Crippen LogP contribution in [0.3, 0.4) is 0 Å². The summed E-state index contributed by atoms with van der Waals surface area (Å²) in [5, 5.41) is 4.33.